The van der Waals surface area contributed by atoms with E-state index < -0.39 is 0 Å². The first-order valence-corrected chi connectivity index (χ1v) is 6.95. The van der Waals surface area contributed by atoms with Gasteiger partial charge >= 0.3 is 7.12 Å². The Bertz CT molecular complexity index is 450. The monoisotopic (exact) mass is 265 g/mol. The second-order valence-corrected chi connectivity index (χ2v) is 6.64. The fourth-order valence-corrected chi connectivity index (χ4v) is 2.81. The molecule has 2 heterocycles. The Hall–Kier alpha value is -0.805. The molecule has 1 aliphatic heterocycles. The van der Waals surface area contributed by atoms with Crippen molar-refractivity contribution in [1.29, 1.82) is 0 Å². The summed E-state index contributed by atoms with van der Waals surface area (Å²) in [5.74, 6) is 1.32. The first kappa shape index (κ1) is 14.6. The lowest BCUT2D eigenvalue weighted by Gasteiger charge is -2.37. The Morgan fingerprint density at radius 1 is 1.16 bits per heavy atom. The summed E-state index contributed by atoms with van der Waals surface area (Å²) in [6, 6.07) is 0. The van der Waals surface area contributed by atoms with Crippen molar-refractivity contribution in [3.05, 3.63) is 11.5 Å². The molecule has 5 heteroatoms. The summed E-state index contributed by atoms with van der Waals surface area (Å²) in [5, 5.41) is 3.98. The summed E-state index contributed by atoms with van der Waals surface area (Å²) in [6.45, 7) is 14.5. The van der Waals surface area contributed by atoms with Crippen molar-refractivity contribution in [3.63, 3.8) is 0 Å². The van der Waals surface area contributed by atoms with Crippen LogP contribution in [0, 0.1) is 19.8 Å². The van der Waals surface area contributed by atoms with Crippen molar-refractivity contribution >= 4 is 12.6 Å². The van der Waals surface area contributed by atoms with E-state index in [0.717, 1.165) is 23.3 Å². The fourth-order valence-electron chi connectivity index (χ4n) is 2.81. The highest BCUT2D eigenvalue weighted by atomic mass is 16.7. The zero-order chi connectivity index (χ0) is 14.4. The number of rotatable bonds is 3. The van der Waals surface area contributed by atoms with Gasteiger partial charge in [-0.25, -0.2) is 0 Å². The zero-order valence-corrected chi connectivity index (χ0v) is 13.0. The molecule has 1 atom stereocenters. The minimum atomic E-state index is -0.384. The first-order chi connectivity index (χ1) is 8.66. The van der Waals surface area contributed by atoms with Crippen molar-refractivity contribution < 1.29 is 13.8 Å². The van der Waals surface area contributed by atoms with Gasteiger partial charge in [-0.2, -0.15) is 0 Å². The average Bonchev–Trinajstić information content (AvgIpc) is 2.65. The molecule has 1 aromatic heterocycles. The molecular formula is C14H24BNO3. The minimum absolute atomic E-state index is 0.304. The maximum absolute atomic E-state index is 6.26. The predicted octanol–water partition coefficient (Wildman–Crippen LogP) is 2.62. The molecular weight excluding hydrogens is 241 g/mol. The van der Waals surface area contributed by atoms with E-state index >= 15 is 0 Å². The molecule has 2 rings (SSSR count). The highest BCUT2D eigenvalue weighted by Gasteiger charge is 2.55. The van der Waals surface area contributed by atoms with E-state index in [0.29, 0.717) is 5.92 Å². The molecule has 19 heavy (non-hydrogen) atoms. The third-order valence-electron chi connectivity index (χ3n) is 4.16. The lowest BCUT2D eigenvalue weighted by Crippen LogP contribution is -2.45. The summed E-state index contributed by atoms with van der Waals surface area (Å²) in [4.78, 5) is 0. The van der Waals surface area contributed by atoms with Crippen LogP contribution in [0.25, 0.3) is 0 Å². The van der Waals surface area contributed by atoms with Gasteiger partial charge in [0.05, 0.1) is 16.9 Å². The predicted molar refractivity (Wildman–Crippen MR) is 75.5 cm³/mol. The van der Waals surface area contributed by atoms with E-state index in [9.17, 15) is 0 Å². The Morgan fingerprint density at radius 3 is 2.26 bits per heavy atom. The molecule has 1 fully saturated rings. The SMILES string of the molecule is Cc1noc(C)c1B1OC(C)(C)C(C)(CC(C)C)O1. The largest absolute Gasteiger partial charge is 0.500 e. The van der Waals surface area contributed by atoms with E-state index in [-0.39, 0.29) is 18.3 Å². The van der Waals surface area contributed by atoms with Gasteiger partial charge in [0.2, 0.25) is 0 Å². The van der Waals surface area contributed by atoms with Gasteiger partial charge in [0.25, 0.3) is 0 Å². The number of nitrogens with zero attached hydrogens (tertiary/aromatic N) is 1. The van der Waals surface area contributed by atoms with Crippen LogP contribution in [-0.2, 0) is 9.31 Å². The molecule has 106 valence electrons. The lowest BCUT2D eigenvalue weighted by atomic mass is 9.77. The van der Waals surface area contributed by atoms with Crippen molar-refractivity contribution in [2.75, 3.05) is 0 Å². The third kappa shape index (κ3) is 2.46. The van der Waals surface area contributed by atoms with Gasteiger partial charge in [0.1, 0.15) is 5.76 Å². The van der Waals surface area contributed by atoms with Crippen LogP contribution in [0.4, 0.5) is 0 Å². The van der Waals surface area contributed by atoms with Gasteiger partial charge in [-0.1, -0.05) is 19.0 Å². The van der Waals surface area contributed by atoms with Crippen LogP contribution < -0.4 is 5.46 Å². The van der Waals surface area contributed by atoms with Gasteiger partial charge in [0.15, 0.2) is 0 Å². The van der Waals surface area contributed by atoms with Crippen LogP contribution >= 0.6 is 0 Å². The van der Waals surface area contributed by atoms with Crippen molar-refractivity contribution in [2.45, 2.75) is 66.1 Å². The van der Waals surface area contributed by atoms with Crippen molar-refractivity contribution in [1.82, 2.24) is 5.16 Å². The Morgan fingerprint density at radius 2 is 1.79 bits per heavy atom. The van der Waals surface area contributed by atoms with Gasteiger partial charge in [-0.15, -0.1) is 0 Å². The van der Waals surface area contributed by atoms with Crippen LogP contribution in [0.2, 0.25) is 0 Å². The number of aromatic nitrogens is 1. The van der Waals surface area contributed by atoms with E-state index in [1.165, 1.54) is 0 Å². The molecule has 0 N–H and O–H groups in total. The second-order valence-electron chi connectivity index (χ2n) is 6.64. The Balaban J connectivity index is 2.30. The molecule has 0 saturated carbocycles. The normalized spacial score (nSPS) is 26.4. The maximum Gasteiger partial charge on any atom is 0.500 e. The molecule has 0 aliphatic carbocycles. The fraction of sp³-hybridized carbons (Fsp3) is 0.786. The van der Waals surface area contributed by atoms with Crippen LogP contribution in [0.5, 0.6) is 0 Å². The summed E-state index contributed by atoms with van der Waals surface area (Å²) in [5.41, 5.74) is 1.13. The highest BCUT2D eigenvalue weighted by molar-refractivity contribution is 6.63. The molecule has 0 amide bonds. The number of aryl methyl sites for hydroxylation is 2. The molecule has 0 bridgehead atoms. The molecule has 1 aromatic rings. The van der Waals surface area contributed by atoms with E-state index in [2.05, 4.69) is 39.8 Å². The van der Waals surface area contributed by atoms with Crippen molar-refractivity contribution in [3.8, 4) is 0 Å². The molecule has 4 nitrogen and oxygen atoms in total. The van der Waals surface area contributed by atoms with Gasteiger partial charge in [-0.3, -0.25) is 0 Å². The minimum Gasteiger partial charge on any atom is -0.399 e. The summed E-state index contributed by atoms with van der Waals surface area (Å²) < 4.78 is 17.6. The average molecular weight is 265 g/mol. The molecule has 1 aliphatic rings. The second kappa shape index (κ2) is 4.63. The van der Waals surface area contributed by atoms with Crippen LogP contribution in [0.3, 0.4) is 0 Å². The van der Waals surface area contributed by atoms with E-state index in [4.69, 9.17) is 13.8 Å². The number of hydrogen-bond acceptors (Lipinski definition) is 4. The first-order valence-electron chi connectivity index (χ1n) is 6.95. The standard InChI is InChI=1S/C14H24BNO3/c1-9(2)8-14(7)13(5,6)18-15(19-14)12-10(3)16-17-11(12)4/h9H,8H2,1-7H3. The molecule has 0 aromatic carbocycles. The van der Waals surface area contributed by atoms with Crippen molar-refractivity contribution in [2.24, 2.45) is 5.92 Å². The maximum atomic E-state index is 6.26. The van der Waals surface area contributed by atoms with E-state index in [1.807, 2.05) is 13.8 Å². The molecule has 0 spiro atoms. The molecule has 1 unspecified atom stereocenters. The molecule has 1 saturated heterocycles. The third-order valence-corrected chi connectivity index (χ3v) is 4.16. The summed E-state index contributed by atoms with van der Waals surface area (Å²) in [7, 11) is -0.384. The zero-order valence-electron chi connectivity index (χ0n) is 13.0. The molecule has 0 radical (unpaired) electrons. The topological polar surface area (TPSA) is 44.5 Å². The van der Waals surface area contributed by atoms with E-state index in [1.54, 1.807) is 0 Å². The van der Waals surface area contributed by atoms with Crippen LogP contribution in [0.1, 0.15) is 52.5 Å². The van der Waals surface area contributed by atoms with Crippen LogP contribution in [0.15, 0.2) is 4.52 Å². The summed E-state index contributed by atoms with van der Waals surface area (Å²) >= 11 is 0. The van der Waals surface area contributed by atoms with Gasteiger partial charge in [-0.05, 0) is 47.0 Å². The van der Waals surface area contributed by atoms with Gasteiger partial charge in [0, 0.05) is 5.46 Å². The van der Waals surface area contributed by atoms with Gasteiger partial charge < -0.3 is 13.8 Å². The lowest BCUT2D eigenvalue weighted by molar-refractivity contribution is -0.0239. The number of hydrogen-bond donors (Lipinski definition) is 0. The smallest absolute Gasteiger partial charge is 0.399 e. The Labute approximate surface area is 116 Å². The van der Waals surface area contributed by atoms with Crippen LogP contribution in [-0.4, -0.2) is 23.5 Å². The summed E-state index contributed by atoms with van der Waals surface area (Å²) in [6.07, 6.45) is 0.958. The quantitative estimate of drug-likeness (QED) is 0.788. The highest BCUT2D eigenvalue weighted by Crippen LogP contribution is 2.41. The Kier molecular flexibility index (Phi) is 3.56.